The molecule has 0 amide bonds. The SMILES string of the molecule is CCC(C)c1ccc(NC(N)=NCc2c(C)nn(CCOC)c2C)cc1.I. The zero-order valence-corrected chi connectivity index (χ0v) is 19.3. The van der Waals surface area contributed by atoms with Crippen LogP contribution in [-0.2, 0) is 17.8 Å². The van der Waals surface area contributed by atoms with E-state index in [0.29, 0.717) is 25.0 Å². The first-order valence-corrected chi connectivity index (χ1v) is 9.15. The van der Waals surface area contributed by atoms with Crippen LogP contribution in [0.2, 0.25) is 0 Å². The molecular weight excluding hydrogens is 453 g/mol. The van der Waals surface area contributed by atoms with Gasteiger partial charge in [-0.3, -0.25) is 4.68 Å². The summed E-state index contributed by atoms with van der Waals surface area (Å²) in [6.45, 7) is 10.4. The van der Waals surface area contributed by atoms with E-state index in [9.17, 15) is 0 Å². The van der Waals surface area contributed by atoms with Crippen LogP contribution in [0, 0.1) is 13.8 Å². The molecular formula is C20H32IN5O. The number of anilines is 1. The zero-order valence-electron chi connectivity index (χ0n) is 17.0. The summed E-state index contributed by atoms with van der Waals surface area (Å²) in [5.41, 5.74) is 11.5. The third-order valence-corrected chi connectivity index (χ3v) is 4.81. The number of methoxy groups -OCH3 is 1. The van der Waals surface area contributed by atoms with E-state index < -0.39 is 0 Å². The number of hydrogen-bond acceptors (Lipinski definition) is 3. The van der Waals surface area contributed by atoms with E-state index in [1.807, 2.05) is 23.7 Å². The first-order valence-electron chi connectivity index (χ1n) is 9.15. The molecule has 1 atom stereocenters. The van der Waals surface area contributed by atoms with Crippen LogP contribution in [0.4, 0.5) is 5.69 Å². The number of nitrogens with two attached hydrogens (primary N) is 1. The van der Waals surface area contributed by atoms with Crippen LogP contribution in [-0.4, -0.2) is 29.5 Å². The smallest absolute Gasteiger partial charge is 0.193 e. The fourth-order valence-corrected chi connectivity index (χ4v) is 2.84. The highest BCUT2D eigenvalue weighted by Gasteiger charge is 2.11. The molecule has 0 aliphatic rings. The van der Waals surface area contributed by atoms with E-state index in [2.05, 4.69) is 48.3 Å². The molecule has 6 nitrogen and oxygen atoms in total. The molecule has 0 bridgehead atoms. The maximum Gasteiger partial charge on any atom is 0.193 e. The van der Waals surface area contributed by atoms with Gasteiger partial charge in [0.25, 0.3) is 0 Å². The predicted octanol–water partition coefficient (Wildman–Crippen LogP) is 4.20. The topological polar surface area (TPSA) is 77.5 Å². The first-order chi connectivity index (χ1) is 12.5. The highest BCUT2D eigenvalue weighted by Crippen LogP contribution is 2.20. The summed E-state index contributed by atoms with van der Waals surface area (Å²) in [5, 5.41) is 7.71. The molecule has 2 aromatic rings. The third-order valence-electron chi connectivity index (χ3n) is 4.81. The Bertz CT molecular complexity index is 740. The zero-order chi connectivity index (χ0) is 19.1. The Morgan fingerprint density at radius 3 is 2.56 bits per heavy atom. The van der Waals surface area contributed by atoms with Crippen LogP contribution in [0.5, 0.6) is 0 Å². The van der Waals surface area contributed by atoms with E-state index >= 15 is 0 Å². The Labute approximate surface area is 179 Å². The first kappa shape index (κ1) is 23.4. The molecule has 2 rings (SSSR count). The van der Waals surface area contributed by atoms with Crippen molar-refractivity contribution in [3.05, 3.63) is 46.8 Å². The number of aryl methyl sites for hydroxylation is 1. The lowest BCUT2D eigenvalue weighted by atomic mass is 9.99. The highest BCUT2D eigenvalue weighted by atomic mass is 127. The Kier molecular flexibility index (Phi) is 9.79. The normalized spacial score (nSPS) is 12.6. The number of nitrogens with zero attached hydrogens (tertiary/aromatic N) is 3. The van der Waals surface area contributed by atoms with Crippen molar-refractivity contribution in [2.75, 3.05) is 19.0 Å². The number of hydrogen-bond donors (Lipinski definition) is 2. The predicted molar refractivity (Wildman–Crippen MR) is 123 cm³/mol. The van der Waals surface area contributed by atoms with Gasteiger partial charge in [-0.25, -0.2) is 4.99 Å². The minimum absolute atomic E-state index is 0. The quantitative estimate of drug-likeness (QED) is 0.334. The molecule has 0 aliphatic carbocycles. The number of rotatable bonds is 8. The molecule has 1 heterocycles. The van der Waals surface area contributed by atoms with Gasteiger partial charge in [0.1, 0.15) is 0 Å². The summed E-state index contributed by atoms with van der Waals surface area (Å²) in [7, 11) is 1.69. The van der Waals surface area contributed by atoms with Crippen molar-refractivity contribution in [1.82, 2.24) is 9.78 Å². The average Bonchev–Trinajstić information content (AvgIpc) is 2.91. The van der Waals surface area contributed by atoms with Gasteiger partial charge in [-0.2, -0.15) is 5.10 Å². The number of aromatic nitrogens is 2. The van der Waals surface area contributed by atoms with Gasteiger partial charge in [-0.05, 0) is 43.9 Å². The fraction of sp³-hybridized carbons (Fsp3) is 0.500. The van der Waals surface area contributed by atoms with Crippen LogP contribution < -0.4 is 11.1 Å². The van der Waals surface area contributed by atoms with Gasteiger partial charge in [-0.1, -0.05) is 26.0 Å². The summed E-state index contributed by atoms with van der Waals surface area (Å²) in [4.78, 5) is 4.48. The maximum atomic E-state index is 6.06. The molecule has 0 fully saturated rings. The molecule has 3 N–H and O–H groups in total. The lowest BCUT2D eigenvalue weighted by Gasteiger charge is -2.11. The average molecular weight is 485 g/mol. The minimum atomic E-state index is 0. The fourth-order valence-electron chi connectivity index (χ4n) is 2.84. The molecule has 1 unspecified atom stereocenters. The van der Waals surface area contributed by atoms with Gasteiger partial charge in [-0.15, -0.1) is 24.0 Å². The lowest BCUT2D eigenvalue weighted by Crippen LogP contribution is -2.22. The van der Waals surface area contributed by atoms with Crippen molar-refractivity contribution in [3.63, 3.8) is 0 Å². The van der Waals surface area contributed by atoms with Crippen LogP contribution in [0.15, 0.2) is 29.3 Å². The van der Waals surface area contributed by atoms with Crippen molar-refractivity contribution in [2.45, 2.75) is 53.1 Å². The van der Waals surface area contributed by atoms with Crippen LogP contribution in [0.3, 0.4) is 0 Å². The summed E-state index contributed by atoms with van der Waals surface area (Å²) < 4.78 is 7.09. The maximum absolute atomic E-state index is 6.06. The molecule has 7 heteroatoms. The van der Waals surface area contributed by atoms with Gasteiger partial charge >= 0.3 is 0 Å². The molecule has 1 aromatic carbocycles. The Balaban J connectivity index is 0.00000364. The van der Waals surface area contributed by atoms with Crippen molar-refractivity contribution < 1.29 is 4.74 Å². The van der Waals surface area contributed by atoms with Crippen molar-refractivity contribution in [1.29, 1.82) is 0 Å². The number of nitrogens with one attached hydrogen (secondary N) is 1. The number of benzene rings is 1. The van der Waals surface area contributed by atoms with E-state index in [0.717, 1.165) is 35.6 Å². The molecule has 0 radical (unpaired) electrons. The van der Waals surface area contributed by atoms with Crippen molar-refractivity contribution in [2.24, 2.45) is 10.7 Å². The second-order valence-electron chi connectivity index (χ2n) is 6.62. The van der Waals surface area contributed by atoms with Crippen LogP contribution >= 0.6 is 24.0 Å². The Morgan fingerprint density at radius 2 is 1.96 bits per heavy atom. The lowest BCUT2D eigenvalue weighted by molar-refractivity contribution is 0.182. The van der Waals surface area contributed by atoms with Gasteiger partial charge in [0.05, 0.1) is 25.4 Å². The second-order valence-corrected chi connectivity index (χ2v) is 6.62. The molecule has 150 valence electrons. The largest absolute Gasteiger partial charge is 0.383 e. The van der Waals surface area contributed by atoms with Crippen LogP contribution in [0.1, 0.15) is 48.7 Å². The molecule has 0 spiro atoms. The minimum Gasteiger partial charge on any atom is -0.383 e. The molecule has 27 heavy (non-hydrogen) atoms. The number of ether oxygens (including phenoxy) is 1. The summed E-state index contributed by atoms with van der Waals surface area (Å²) in [6, 6.07) is 8.36. The standard InChI is InChI=1S/C20H31N5O.HI/c1-6-14(2)17-7-9-18(10-8-17)23-20(21)22-13-19-15(3)24-25(16(19)4)11-12-26-5;/h7-10,14H,6,11-13H2,1-5H3,(H3,21,22,23);1H. The molecule has 1 aromatic heterocycles. The highest BCUT2D eigenvalue weighted by molar-refractivity contribution is 14.0. The van der Waals surface area contributed by atoms with E-state index in [1.165, 1.54) is 5.56 Å². The van der Waals surface area contributed by atoms with Gasteiger partial charge in [0, 0.05) is 24.1 Å². The van der Waals surface area contributed by atoms with Crippen LogP contribution in [0.25, 0.3) is 0 Å². The van der Waals surface area contributed by atoms with E-state index in [-0.39, 0.29) is 24.0 Å². The Hall–Kier alpha value is -1.61. The van der Waals surface area contributed by atoms with Gasteiger partial charge in [0.15, 0.2) is 5.96 Å². The van der Waals surface area contributed by atoms with E-state index in [4.69, 9.17) is 10.5 Å². The van der Waals surface area contributed by atoms with Crippen molar-refractivity contribution in [3.8, 4) is 0 Å². The number of guanidine groups is 1. The number of aliphatic imine (C=N–C) groups is 1. The Morgan fingerprint density at radius 1 is 1.30 bits per heavy atom. The monoisotopic (exact) mass is 485 g/mol. The molecule has 0 saturated carbocycles. The van der Waals surface area contributed by atoms with Crippen molar-refractivity contribution >= 4 is 35.6 Å². The molecule has 0 aliphatic heterocycles. The number of halogens is 1. The summed E-state index contributed by atoms with van der Waals surface area (Å²) >= 11 is 0. The summed E-state index contributed by atoms with van der Waals surface area (Å²) in [6.07, 6.45) is 1.13. The van der Waals surface area contributed by atoms with Gasteiger partial charge < -0.3 is 15.8 Å². The molecule has 0 saturated heterocycles. The third kappa shape index (κ3) is 6.49. The van der Waals surface area contributed by atoms with Gasteiger partial charge in [0.2, 0.25) is 0 Å². The second kappa shape index (κ2) is 11.3. The summed E-state index contributed by atoms with van der Waals surface area (Å²) in [5.74, 6) is 0.973. The van der Waals surface area contributed by atoms with E-state index in [1.54, 1.807) is 7.11 Å².